The van der Waals surface area contributed by atoms with Crippen molar-refractivity contribution in [2.75, 3.05) is 11.9 Å². The Morgan fingerprint density at radius 2 is 1.88 bits per heavy atom. The van der Waals surface area contributed by atoms with Gasteiger partial charge in [-0.3, -0.25) is 4.99 Å². The third-order valence-electron chi connectivity index (χ3n) is 2.94. The lowest BCUT2D eigenvalue weighted by Crippen LogP contribution is -2.10. The summed E-state index contributed by atoms with van der Waals surface area (Å²) in [5.41, 5.74) is 4.21. The van der Waals surface area contributed by atoms with E-state index in [0.29, 0.717) is 0 Å². The predicted molar refractivity (Wildman–Crippen MR) is 73.2 cm³/mol. The molecule has 1 heterocycles. The summed E-state index contributed by atoms with van der Waals surface area (Å²) in [5.74, 6) is 0. The minimum Gasteiger partial charge on any atom is -0.342 e. The third-order valence-corrected chi connectivity index (χ3v) is 3.17. The van der Waals surface area contributed by atoms with Crippen molar-refractivity contribution in [3.63, 3.8) is 0 Å². The molecule has 1 aliphatic heterocycles. The monoisotopic (exact) mass is 242 g/mol. The smallest absolute Gasteiger partial charge is 0.0866 e. The van der Waals surface area contributed by atoms with Gasteiger partial charge >= 0.3 is 0 Å². The van der Waals surface area contributed by atoms with Crippen LogP contribution in [0, 0.1) is 0 Å². The molecule has 0 bridgehead atoms. The summed E-state index contributed by atoms with van der Waals surface area (Å²) in [6.45, 7) is 0. The van der Waals surface area contributed by atoms with Gasteiger partial charge in [0.05, 0.1) is 17.1 Å². The molecule has 0 fully saturated rings. The van der Waals surface area contributed by atoms with Crippen molar-refractivity contribution < 1.29 is 0 Å². The van der Waals surface area contributed by atoms with Gasteiger partial charge in [-0.2, -0.15) is 0 Å². The van der Waals surface area contributed by atoms with E-state index in [2.05, 4.69) is 16.0 Å². The molecule has 0 aliphatic carbocycles. The van der Waals surface area contributed by atoms with Gasteiger partial charge in [-0.05, 0) is 30.3 Å². The molecule has 0 saturated carbocycles. The maximum atomic E-state index is 6.05. The van der Waals surface area contributed by atoms with Crippen LogP contribution in [0.1, 0.15) is 5.56 Å². The number of benzene rings is 2. The number of hydrogen-bond acceptors (Lipinski definition) is 2. The van der Waals surface area contributed by atoms with E-state index in [1.54, 1.807) is 0 Å². The summed E-state index contributed by atoms with van der Waals surface area (Å²) in [7, 11) is 2.03. The number of anilines is 2. The van der Waals surface area contributed by atoms with Crippen LogP contribution in [0.15, 0.2) is 47.5 Å². The second-order valence-electron chi connectivity index (χ2n) is 4.01. The zero-order valence-corrected chi connectivity index (χ0v) is 10.1. The molecule has 0 unspecified atom stereocenters. The minimum atomic E-state index is 0.739. The van der Waals surface area contributed by atoms with Crippen molar-refractivity contribution in [2.45, 2.75) is 0 Å². The molecular formula is C14H11ClN2. The average Bonchev–Trinajstić information content (AvgIpc) is 2.49. The number of nitrogens with zero attached hydrogens (tertiary/aromatic N) is 2. The molecule has 84 valence electrons. The maximum absolute atomic E-state index is 6.05. The van der Waals surface area contributed by atoms with Gasteiger partial charge in [0, 0.05) is 23.8 Å². The van der Waals surface area contributed by atoms with Crippen LogP contribution in [0.5, 0.6) is 0 Å². The van der Waals surface area contributed by atoms with E-state index in [9.17, 15) is 0 Å². The zero-order valence-electron chi connectivity index (χ0n) is 9.39. The summed E-state index contributed by atoms with van der Waals surface area (Å²) in [6.07, 6.45) is 1.88. The van der Waals surface area contributed by atoms with Crippen LogP contribution in [0.25, 0.3) is 0 Å². The molecule has 1 aliphatic rings. The SMILES string of the molecule is CN1c2cc(Cl)ccc2C=Nc2ccccc21. The Kier molecular flexibility index (Phi) is 2.37. The van der Waals surface area contributed by atoms with E-state index < -0.39 is 0 Å². The quantitative estimate of drug-likeness (QED) is 0.677. The molecular weight excluding hydrogens is 232 g/mol. The molecule has 0 saturated heterocycles. The number of rotatable bonds is 0. The van der Waals surface area contributed by atoms with E-state index in [1.807, 2.05) is 49.7 Å². The first-order valence-corrected chi connectivity index (χ1v) is 5.80. The molecule has 0 spiro atoms. The predicted octanol–water partition coefficient (Wildman–Crippen LogP) is 4.17. The Morgan fingerprint density at radius 3 is 2.76 bits per heavy atom. The van der Waals surface area contributed by atoms with Gasteiger partial charge in [-0.15, -0.1) is 0 Å². The third kappa shape index (κ3) is 1.71. The first-order valence-electron chi connectivity index (χ1n) is 5.42. The summed E-state index contributed by atoms with van der Waals surface area (Å²) in [6, 6.07) is 13.9. The van der Waals surface area contributed by atoms with Gasteiger partial charge in [0.25, 0.3) is 0 Å². The second kappa shape index (κ2) is 3.90. The molecule has 0 aromatic heterocycles. The number of halogens is 1. The Balaban J connectivity index is 2.25. The van der Waals surface area contributed by atoms with Gasteiger partial charge in [0.2, 0.25) is 0 Å². The fourth-order valence-corrected chi connectivity index (χ4v) is 2.21. The minimum absolute atomic E-state index is 0.739. The molecule has 3 heteroatoms. The Labute approximate surface area is 105 Å². The molecule has 17 heavy (non-hydrogen) atoms. The van der Waals surface area contributed by atoms with Crippen LogP contribution in [0.3, 0.4) is 0 Å². The largest absolute Gasteiger partial charge is 0.342 e. The van der Waals surface area contributed by atoms with Gasteiger partial charge < -0.3 is 4.90 Å². The van der Waals surface area contributed by atoms with E-state index >= 15 is 0 Å². The molecule has 2 aromatic rings. The number of hydrogen-bond donors (Lipinski definition) is 0. The number of fused-ring (bicyclic) bond motifs is 2. The zero-order chi connectivity index (χ0) is 11.8. The number of para-hydroxylation sites is 2. The lowest BCUT2D eigenvalue weighted by atomic mass is 10.1. The van der Waals surface area contributed by atoms with Crippen LogP contribution >= 0.6 is 11.6 Å². The fraction of sp³-hybridized carbons (Fsp3) is 0.0714. The van der Waals surface area contributed by atoms with E-state index in [4.69, 9.17) is 11.6 Å². The van der Waals surface area contributed by atoms with Crippen molar-refractivity contribution in [1.82, 2.24) is 0 Å². The van der Waals surface area contributed by atoms with E-state index in [-0.39, 0.29) is 0 Å². The van der Waals surface area contributed by atoms with Gasteiger partial charge in [-0.1, -0.05) is 23.7 Å². The highest BCUT2D eigenvalue weighted by atomic mass is 35.5. The first kappa shape index (κ1) is 10.4. The first-order chi connectivity index (χ1) is 8.25. The molecule has 2 nitrogen and oxygen atoms in total. The van der Waals surface area contributed by atoms with Crippen LogP contribution in [-0.4, -0.2) is 13.3 Å². The highest BCUT2D eigenvalue weighted by Gasteiger charge is 2.14. The normalized spacial score (nSPS) is 12.9. The van der Waals surface area contributed by atoms with E-state index in [0.717, 1.165) is 27.6 Å². The van der Waals surface area contributed by atoms with Crippen LogP contribution in [0.2, 0.25) is 5.02 Å². The molecule has 0 atom stereocenters. The fourth-order valence-electron chi connectivity index (χ4n) is 2.04. The highest BCUT2D eigenvalue weighted by Crippen LogP contribution is 2.37. The standard InChI is InChI=1S/C14H11ClN2/c1-17-13-5-3-2-4-12(13)16-9-10-6-7-11(15)8-14(10)17/h2-9H,1H3. The summed E-state index contributed by atoms with van der Waals surface area (Å²) >= 11 is 6.05. The summed E-state index contributed by atoms with van der Waals surface area (Å²) in [4.78, 5) is 6.61. The van der Waals surface area contributed by atoms with Gasteiger partial charge in [0.15, 0.2) is 0 Å². The van der Waals surface area contributed by atoms with Crippen LogP contribution < -0.4 is 4.90 Å². The topological polar surface area (TPSA) is 15.6 Å². The lowest BCUT2D eigenvalue weighted by molar-refractivity contribution is 1.21. The van der Waals surface area contributed by atoms with E-state index in [1.165, 1.54) is 0 Å². The second-order valence-corrected chi connectivity index (χ2v) is 4.45. The molecule has 0 radical (unpaired) electrons. The average molecular weight is 243 g/mol. The highest BCUT2D eigenvalue weighted by molar-refractivity contribution is 6.31. The Bertz CT molecular complexity index is 605. The Hall–Kier alpha value is -1.80. The number of aliphatic imine (C=N–C) groups is 1. The summed E-state index contributed by atoms with van der Waals surface area (Å²) in [5, 5.41) is 0.739. The lowest BCUT2D eigenvalue weighted by Gasteiger charge is -2.21. The van der Waals surface area contributed by atoms with Crippen molar-refractivity contribution in [3.05, 3.63) is 53.1 Å². The van der Waals surface area contributed by atoms with Gasteiger partial charge in [0.1, 0.15) is 0 Å². The Morgan fingerprint density at radius 1 is 1.06 bits per heavy atom. The van der Waals surface area contributed by atoms with Crippen molar-refractivity contribution in [1.29, 1.82) is 0 Å². The van der Waals surface area contributed by atoms with Crippen LogP contribution in [0.4, 0.5) is 17.1 Å². The molecule has 0 amide bonds. The van der Waals surface area contributed by atoms with Crippen LogP contribution in [-0.2, 0) is 0 Å². The molecule has 3 rings (SSSR count). The summed E-state index contributed by atoms with van der Waals surface area (Å²) < 4.78 is 0. The van der Waals surface area contributed by atoms with Crippen molar-refractivity contribution in [3.8, 4) is 0 Å². The molecule has 0 N–H and O–H groups in total. The molecule has 2 aromatic carbocycles. The van der Waals surface area contributed by atoms with Crippen molar-refractivity contribution >= 4 is 34.9 Å². The van der Waals surface area contributed by atoms with Gasteiger partial charge in [-0.25, -0.2) is 0 Å². The van der Waals surface area contributed by atoms with Crippen molar-refractivity contribution in [2.24, 2.45) is 4.99 Å². The maximum Gasteiger partial charge on any atom is 0.0866 e.